The minimum Gasteiger partial charge on any atom is -0.494 e. The van der Waals surface area contributed by atoms with Gasteiger partial charge in [0.05, 0.1) is 21.9 Å². The van der Waals surface area contributed by atoms with Gasteiger partial charge in [0.25, 0.3) is 5.69 Å². The lowest BCUT2D eigenvalue weighted by molar-refractivity contribution is -0.384. The van der Waals surface area contributed by atoms with Crippen LogP contribution in [0.3, 0.4) is 0 Å². The molecule has 0 saturated carbocycles. The van der Waals surface area contributed by atoms with Crippen molar-refractivity contribution in [3.63, 3.8) is 0 Å². The number of aliphatic imine (C=N–C) groups is 1. The van der Waals surface area contributed by atoms with Gasteiger partial charge in [-0.05, 0) is 42.3 Å². The molecule has 3 N–H and O–H groups in total. The zero-order valence-electron chi connectivity index (χ0n) is 16.6. The third-order valence-corrected chi connectivity index (χ3v) is 5.57. The second-order valence-corrected chi connectivity index (χ2v) is 7.54. The molecule has 7 nitrogen and oxygen atoms in total. The number of nitrogens with zero attached hydrogens (tertiary/aromatic N) is 2. The largest absolute Gasteiger partial charge is 0.494 e. The first kappa shape index (κ1) is 19.0. The highest BCUT2D eigenvalue weighted by atomic mass is 16.6. The smallest absolute Gasteiger partial charge is 0.270 e. The second kappa shape index (κ2) is 7.70. The van der Waals surface area contributed by atoms with E-state index in [9.17, 15) is 15.2 Å². The molecule has 2 heterocycles. The Kier molecular flexibility index (Phi) is 4.72. The average molecular weight is 412 g/mol. The van der Waals surface area contributed by atoms with Crippen LogP contribution < -0.4 is 5.32 Å². The van der Waals surface area contributed by atoms with Gasteiger partial charge in [-0.1, -0.05) is 36.4 Å². The van der Waals surface area contributed by atoms with Crippen LogP contribution in [-0.4, -0.2) is 27.3 Å². The highest BCUT2D eigenvalue weighted by Crippen LogP contribution is 2.34. The van der Waals surface area contributed by atoms with Gasteiger partial charge >= 0.3 is 0 Å². The van der Waals surface area contributed by atoms with Gasteiger partial charge < -0.3 is 15.4 Å². The molecule has 0 saturated heterocycles. The molecule has 0 spiro atoms. The van der Waals surface area contributed by atoms with Crippen LogP contribution in [-0.2, 0) is 13.0 Å². The third kappa shape index (κ3) is 3.55. The molecule has 5 rings (SSSR count). The Balaban J connectivity index is 1.73. The SMILES string of the molecule is O=[N+]([O-])c1ccc2[nH]c(O)c(C(=Nc3ccc4c(c3)CCNC4)c3ccccc3)c2c1. The van der Waals surface area contributed by atoms with Crippen LogP contribution in [0.25, 0.3) is 10.9 Å². The lowest BCUT2D eigenvalue weighted by atomic mass is 9.99. The maximum Gasteiger partial charge on any atom is 0.270 e. The summed E-state index contributed by atoms with van der Waals surface area (Å²) in [4.78, 5) is 18.7. The van der Waals surface area contributed by atoms with E-state index in [-0.39, 0.29) is 11.6 Å². The second-order valence-electron chi connectivity index (χ2n) is 7.54. The summed E-state index contributed by atoms with van der Waals surface area (Å²) in [7, 11) is 0. The van der Waals surface area contributed by atoms with Crippen LogP contribution >= 0.6 is 0 Å². The molecule has 154 valence electrons. The van der Waals surface area contributed by atoms with Gasteiger partial charge in [-0.25, -0.2) is 4.99 Å². The van der Waals surface area contributed by atoms with Crippen LogP contribution in [0, 0.1) is 10.1 Å². The zero-order chi connectivity index (χ0) is 21.4. The van der Waals surface area contributed by atoms with Crippen molar-refractivity contribution < 1.29 is 10.0 Å². The Bertz CT molecular complexity index is 1330. The van der Waals surface area contributed by atoms with Crippen molar-refractivity contribution in [2.45, 2.75) is 13.0 Å². The van der Waals surface area contributed by atoms with E-state index in [0.29, 0.717) is 22.2 Å². The van der Waals surface area contributed by atoms with Crippen LogP contribution in [0.2, 0.25) is 0 Å². The number of hydrogen-bond donors (Lipinski definition) is 3. The lowest BCUT2D eigenvalue weighted by Crippen LogP contribution is -2.23. The maximum atomic E-state index is 11.3. The summed E-state index contributed by atoms with van der Waals surface area (Å²) < 4.78 is 0. The van der Waals surface area contributed by atoms with Gasteiger partial charge in [-0.2, -0.15) is 0 Å². The first-order chi connectivity index (χ1) is 15.1. The molecule has 3 aromatic carbocycles. The van der Waals surface area contributed by atoms with E-state index in [1.807, 2.05) is 36.4 Å². The Morgan fingerprint density at radius 2 is 1.87 bits per heavy atom. The number of aromatic amines is 1. The van der Waals surface area contributed by atoms with Crippen LogP contribution in [0.4, 0.5) is 11.4 Å². The quantitative estimate of drug-likeness (QED) is 0.259. The maximum absolute atomic E-state index is 11.3. The molecule has 1 aliphatic rings. The summed E-state index contributed by atoms with van der Waals surface area (Å²) in [6, 6.07) is 20.1. The molecule has 0 atom stereocenters. The lowest BCUT2D eigenvalue weighted by Gasteiger charge is -2.17. The average Bonchev–Trinajstić information content (AvgIpc) is 3.12. The minimum absolute atomic E-state index is 0.0403. The van der Waals surface area contributed by atoms with Gasteiger partial charge in [-0.3, -0.25) is 10.1 Å². The molecule has 0 aliphatic carbocycles. The number of nitrogens with one attached hydrogen (secondary N) is 2. The number of fused-ring (bicyclic) bond motifs is 2. The summed E-state index contributed by atoms with van der Waals surface area (Å²) in [5.74, 6) is -0.0692. The molecule has 0 unspecified atom stereocenters. The van der Waals surface area contributed by atoms with Crippen molar-refractivity contribution in [3.05, 3.63) is 99.1 Å². The molecular formula is C24H20N4O3. The van der Waals surface area contributed by atoms with E-state index in [0.717, 1.165) is 30.8 Å². The van der Waals surface area contributed by atoms with Crippen LogP contribution in [0.15, 0.2) is 71.7 Å². The predicted molar refractivity (Wildman–Crippen MR) is 120 cm³/mol. The standard InChI is InChI=1S/C24H20N4O3/c29-24-22(20-13-19(28(30)31)8-9-21(20)27-24)23(15-4-2-1-3-5-15)26-18-7-6-17-14-25-11-10-16(17)12-18/h1-9,12-13,25,27,29H,10-11,14H2. The summed E-state index contributed by atoms with van der Waals surface area (Å²) in [6.45, 7) is 1.77. The number of H-pyrrole nitrogens is 1. The topological polar surface area (TPSA) is 104 Å². The van der Waals surface area contributed by atoms with Crippen LogP contribution in [0.1, 0.15) is 22.3 Å². The van der Waals surface area contributed by atoms with E-state index >= 15 is 0 Å². The van der Waals surface area contributed by atoms with E-state index in [1.54, 1.807) is 6.07 Å². The highest BCUT2D eigenvalue weighted by molar-refractivity contribution is 6.22. The zero-order valence-corrected chi connectivity index (χ0v) is 16.6. The van der Waals surface area contributed by atoms with Gasteiger partial charge in [0, 0.05) is 35.1 Å². The van der Waals surface area contributed by atoms with Gasteiger partial charge in [0.15, 0.2) is 5.88 Å². The Morgan fingerprint density at radius 1 is 1.03 bits per heavy atom. The predicted octanol–water partition coefficient (Wildman–Crippen LogP) is 4.60. The highest BCUT2D eigenvalue weighted by Gasteiger charge is 2.21. The van der Waals surface area contributed by atoms with E-state index < -0.39 is 4.92 Å². The number of nitro groups is 1. The van der Waals surface area contributed by atoms with Gasteiger partial charge in [0.1, 0.15) is 0 Å². The Morgan fingerprint density at radius 3 is 2.68 bits per heavy atom. The van der Waals surface area contributed by atoms with Crippen molar-refractivity contribution in [1.82, 2.24) is 10.3 Å². The molecule has 7 heteroatoms. The summed E-state index contributed by atoms with van der Waals surface area (Å²) >= 11 is 0. The van der Waals surface area contributed by atoms with Crippen molar-refractivity contribution >= 4 is 28.0 Å². The molecule has 0 fully saturated rings. The molecule has 0 bridgehead atoms. The monoisotopic (exact) mass is 412 g/mol. The van der Waals surface area contributed by atoms with E-state index in [2.05, 4.69) is 22.4 Å². The number of benzene rings is 3. The molecule has 1 aromatic heterocycles. The van der Waals surface area contributed by atoms with Crippen molar-refractivity contribution in [3.8, 4) is 5.88 Å². The number of nitro benzene ring substituents is 1. The first-order valence-corrected chi connectivity index (χ1v) is 10.1. The fourth-order valence-electron chi connectivity index (χ4n) is 4.04. The molecular weight excluding hydrogens is 392 g/mol. The van der Waals surface area contributed by atoms with E-state index in [1.165, 1.54) is 23.3 Å². The van der Waals surface area contributed by atoms with Crippen molar-refractivity contribution in [1.29, 1.82) is 0 Å². The van der Waals surface area contributed by atoms with Gasteiger partial charge in [0.2, 0.25) is 0 Å². The summed E-state index contributed by atoms with van der Waals surface area (Å²) in [5, 5.41) is 26.0. The van der Waals surface area contributed by atoms with Crippen molar-refractivity contribution in [2.24, 2.45) is 4.99 Å². The van der Waals surface area contributed by atoms with Crippen molar-refractivity contribution in [2.75, 3.05) is 6.54 Å². The van der Waals surface area contributed by atoms with Gasteiger partial charge in [-0.15, -0.1) is 0 Å². The molecule has 0 amide bonds. The number of aromatic hydroxyl groups is 1. The fraction of sp³-hybridized carbons (Fsp3) is 0.125. The number of non-ortho nitro benzene ring substituents is 1. The van der Waals surface area contributed by atoms with Crippen LogP contribution in [0.5, 0.6) is 5.88 Å². The third-order valence-electron chi connectivity index (χ3n) is 5.57. The summed E-state index contributed by atoms with van der Waals surface area (Å²) in [6.07, 6.45) is 0.934. The number of hydrogen-bond acceptors (Lipinski definition) is 5. The fourth-order valence-corrected chi connectivity index (χ4v) is 4.04. The Labute approximate surface area is 178 Å². The first-order valence-electron chi connectivity index (χ1n) is 10.1. The number of rotatable bonds is 4. The normalized spacial score (nSPS) is 13.9. The van der Waals surface area contributed by atoms with E-state index in [4.69, 9.17) is 4.99 Å². The summed E-state index contributed by atoms with van der Waals surface area (Å²) in [5.41, 5.74) is 5.68. The minimum atomic E-state index is -0.440. The molecule has 0 radical (unpaired) electrons. The molecule has 31 heavy (non-hydrogen) atoms. The molecule has 4 aromatic rings. The number of aromatic nitrogens is 1. The molecule has 1 aliphatic heterocycles. The Hall–Kier alpha value is -3.97.